The summed E-state index contributed by atoms with van der Waals surface area (Å²) in [6.45, 7) is 3.94. The lowest BCUT2D eigenvalue weighted by atomic mass is 10.1. The van der Waals surface area contributed by atoms with Crippen molar-refractivity contribution in [2.75, 3.05) is 50.6 Å². The Morgan fingerprint density at radius 3 is 2.64 bits per heavy atom. The largest absolute Gasteiger partial charge is 0.497 e. The second kappa shape index (κ2) is 10.7. The van der Waals surface area contributed by atoms with Gasteiger partial charge in [0.2, 0.25) is 5.88 Å². The van der Waals surface area contributed by atoms with Crippen LogP contribution in [0.4, 0.5) is 11.5 Å². The fourth-order valence-electron chi connectivity index (χ4n) is 3.76. The Bertz CT molecular complexity index is 1050. The van der Waals surface area contributed by atoms with Crippen molar-refractivity contribution in [1.29, 1.82) is 0 Å². The van der Waals surface area contributed by atoms with Gasteiger partial charge in [-0.1, -0.05) is 12.1 Å². The summed E-state index contributed by atoms with van der Waals surface area (Å²) in [5.74, 6) is 2.00. The number of hydrogen-bond donors (Lipinski definition) is 3. The Morgan fingerprint density at radius 2 is 1.85 bits per heavy atom. The Labute approximate surface area is 193 Å². The molecule has 9 heteroatoms. The normalized spacial score (nSPS) is 13.8. The molecule has 0 spiro atoms. The minimum Gasteiger partial charge on any atom is -0.497 e. The standard InChI is InChI=1S/C24H29N5O4/c1-31-18-12-17(13-19(14-18)32-2)16-33-23-15-22(27-28-23)26-24(30)20-6-3-4-7-21(20)29-10-5-8-25-9-11-29/h3-4,6-7,12-15,25H,5,8-11,16H2,1-2H3,(H2,26,27,28,30). The number of aromatic amines is 1. The number of carbonyl (C=O) groups excluding carboxylic acids is 1. The van der Waals surface area contributed by atoms with Crippen molar-refractivity contribution >= 4 is 17.4 Å². The summed E-state index contributed by atoms with van der Waals surface area (Å²) in [7, 11) is 3.20. The maximum Gasteiger partial charge on any atom is 0.258 e. The van der Waals surface area contributed by atoms with Gasteiger partial charge < -0.3 is 29.7 Å². The van der Waals surface area contributed by atoms with Gasteiger partial charge in [-0.2, -0.15) is 5.10 Å². The van der Waals surface area contributed by atoms with Crippen LogP contribution in [0, 0.1) is 0 Å². The highest BCUT2D eigenvalue weighted by Gasteiger charge is 2.18. The zero-order valence-corrected chi connectivity index (χ0v) is 18.9. The molecule has 1 aliphatic heterocycles. The first-order valence-corrected chi connectivity index (χ1v) is 10.9. The van der Waals surface area contributed by atoms with Gasteiger partial charge in [-0.15, -0.1) is 0 Å². The summed E-state index contributed by atoms with van der Waals surface area (Å²) in [4.78, 5) is 15.3. The summed E-state index contributed by atoms with van der Waals surface area (Å²) in [5.41, 5.74) is 2.43. The number of para-hydroxylation sites is 1. The topological polar surface area (TPSA) is 101 Å². The third-order valence-electron chi connectivity index (χ3n) is 5.43. The molecule has 1 saturated heterocycles. The summed E-state index contributed by atoms with van der Waals surface area (Å²) >= 11 is 0. The van der Waals surface area contributed by atoms with Crippen LogP contribution in [0.2, 0.25) is 0 Å². The van der Waals surface area contributed by atoms with Gasteiger partial charge in [-0.25, -0.2) is 5.10 Å². The zero-order valence-electron chi connectivity index (χ0n) is 18.9. The fraction of sp³-hybridized carbons (Fsp3) is 0.333. The van der Waals surface area contributed by atoms with E-state index in [1.165, 1.54) is 0 Å². The molecule has 1 aromatic heterocycles. The molecule has 0 aliphatic carbocycles. The molecule has 3 aromatic rings. The van der Waals surface area contributed by atoms with Gasteiger partial charge in [0.25, 0.3) is 5.91 Å². The van der Waals surface area contributed by atoms with E-state index in [1.807, 2.05) is 36.4 Å². The Morgan fingerprint density at radius 1 is 1.06 bits per heavy atom. The maximum atomic E-state index is 13.0. The van der Waals surface area contributed by atoms with Crippen LogP contribution < -0.4 is 29.7 Å². The van der Waals surface area contributed by atoms with Gasteiger partial charge in [-0.05, 0) is 42.8 Å². The van der Waals surface area contributed by atoms with Crippen LogP contribution in [-0.2, 0) is 6.61 Å². The molecule has 0 bridgehead atoms. The third kappa shape index (κ3) is 5.75. The zero-order chi connectivity index (χ0) is 23.0. The molecule has 0 atom stereocenters. The Balaban J connectivity index is 1.41. The van der Waals surface area contributed by atoms with Crippen LogP contribution in [0.3, 0.4) is 0 Å². The third-order valence-corrected chi connectivity index (χ3v) is 5.43. The smallest absolute Gasteiger partial charge is 0.258 e. The number of hydrogen-bond acceptors (Lipinski definition) is 7. The monoisotopic (exact) mass is 451 g/mol. The second-order valence-electron chi connectivity index (χ2n) is 7.69. The summed E-state index contributed by atoms with van der Waals surface area (Å²) in [6.07, 6.45) is 1.04. The average molecular weight is 452 g/mol. The number of benzene rings is 2. The van der Waals surface area contributed by atoms with Crippen molar-refractivity contribution in [3.05, 3.63) is 59.7 Å². The number of H-pyrrole nitrogens is 1. The highest BCUT2D eigenvalue weighted by atomic mass is 16.5. The molecule has 9 nitrogen and oxygen atoms in total. The SMILES string of the molecule is COc1cc(COc2cc(NC(=O)c3ccccc3N3CCCNCC3)n[nH]2)cc(OC)c1. The predicted molar refractivity (Wildman–Crippen MR) is 127 cm³/mol. The quantitative estimate of drug-likeness (QED) is 0.484. The van der Waals surface area contributed by atoms with Gasteiger partial charge >= 0.3 is 0 Å². The van der Waals surface area contributed by atoms with Crippen molar-refractivity contribution in [1.82, 2.24) is 15.5 Å². The van der Waals surface area contributed by atoms with Crippen molar-refractivity contribution in [2.24, 2.45) is 0 Å². The van der Waals surface area contributed by atoms with Crippen LogP contribution in [0.1, 0.15) is 22.3 Å². The molecule has 4 rings (SSSR count). The molecule has 1 aliphatic rings. The van der Waals surface area contributed by atoms with E-state index < -0.39 is 0 Å². The predicted octanol–water partition coefficient (Wildman–Crippen LogP) is 3.06. The first kappa shape index (κ1) is 22.5. The van der Waals surface area contributed by atoms with Crippen LogP contribution in [0.5, 0.6) is 17.4 Å². The van der Waals surface area contributed by atoms with Gasteiger partial charge in [0.1, 0.15) is 18.1 Å². The molecule has 2 aromatic carbocycles. The van der Waals surface area contributed by atoms with Crippen molar-refractivity contribution in [3.63, 3.8) is 0 Å². The van der Waals surface area contributed by atoms with Crippen molar-refractivity contribution < 1.29 is 19.0 Å². The van der Waals surface area contributed by atoms with E-state index in [4.69, 9.17) is 14.2 Å². The molecule has 0 radical (unpaired) electrons. The fourth-order valence-corrected chi connectivity index (χ4v) is 3.76. The van der Waals surface area contributed by atoms with Gasteiger partial charge in [0, 0.05) is 37.5 Å². The number of ether oxygens (including phenoxy) is 3. The highest BCUT2D eigenvalue weighted by Crippen LogP contribution is 2.25. The van der Waals surface area contributed by atoms with E-state index in [2.05, 4.69) is 25.7 Å². The molecule has 33 heavy (non-hydrogen) atoms. The number of nitrogens with zero attached hydrogens (tertiary/aromatic N) is 2. The van der Waals surface area contributed by atoms with Crippen LogP contribution in [-0.4, -0.2) is 56.5 Å². The van der Waals surface area contributed by atoms with E-state index in [0.29, 0.717) is 28.8 Å². The van der Waals surface area contributed by atoms with E-state index in [1.54, 1.807) is 26.4 Å². The lowest BCUT2D eigenvalue weighted by Gasteiger charge is -2.24. The van der Waals surface area contributed by atoms with E-state index in [-0.39, 0.29) is 12.5 Å². The molecule has 0 unspecified atom stereocenters. The minimum atomic E-state index is -0.210. The molecular weight excluding hydrogens is 422 g/mol. The van der Waals surface area contributed by atoms with Gasteiger partial charge in [0.05, 0.1) is 19.8 Å². The molecule has 0 saturated carbocycles. The molecular formula is C24H29N5O4. The number of aromatic nitrogens is 2. The average Bonchev–Trinajstić information content (AvgIpc) is 3.12. The maximum absolute atomic E-state index is 13.0. The molecule has 3 N–H and O–H groups in total. The number of carbonyl (C=O) groups is 1. The van der Waals surface area contributed by atoms with Crippen LogP contribution in [0.25, 0.3) is 0 Å². The number of nitrogens with one attached hydrogen (secondary N) is 3. The van der Waals surface area contributed by atoms with E-state index in [9.17, 15) is 4.79 Å². The number of anilines is 2. The molecule has 1 amide bonds. The summed E-state index contributed by atoms with van der Waals surface area (Å²) < 4.78 is 16.4. The summed E-state index contributed by atoms with van der Waals surface area (Å²) in [5, 5.41) is 13.2. The highest BCUT2D eigenvalue weighted by molar-refractivity contribution is 6.07. The van der Waals surface area contributed by atoms with Crippen LogP contribution in [0.15, 0.2) is 48.5 Å². The first-order chi connectivity index (χ1) is 16.2. The lowest BCUT2D eigenvalue weighted by Crippen LogP contribution is -2.30. The lowest BCUT2D eigenvalue weighted by molar-refractivity contribution is 0.102. The van der Waals surface area contributed by atoms with Crippen molar-refractivity contribution in [3.8, 4) is 17.4 Å². The Kier molecular flexibility index (Phi) is 7.31. The molecule has 174 valence electrons. The van der Waals surface area contributed by atoms with E-state index in [0.717, 1.165) is 43.9 Å². The number of rotatable bonds is 8. The molecule has 2 heterocycles. The number of amides is 1. The molecule has 1 fully saturated rings. The Hall–Kier alpha value is -3.72. The van der Waals surface area contributed by atoms with Crippen molar-refractivity contribution in [2.45, 2.75) is 13.0 Å². The minimum absolute atomic E-state index is 0.210. The first-order valence-electron chi connectivity index (χ1n) is 10.9. The summed E-state index contributed by atoms with van der Waals surface area (Å²) in [6, 6.07) is 14.9. The number of methoxy groups -OCH3 is 2. The van der Waals surface area contributed by atoms with Gasteiger partial charge in [-0.3, -0.25) is 4.79 Å². The second-order valence-corrected chi connectivity index (χ2v) is 7.69. The van der Waals surface area contributed by atoms with Crippen LogP contribution >= 0.6 is 0 Å². The van der Waals surface area contributed by atoms with Gasteiger partial charge in [0.15, 0.2) is 5.82 Å². The van der Waals surface area contributed by atoms with E-state index >= 15 is 0 Å².